The molecule has 0 bridgehead atoms. The van der Waals surface area contributed by atoms with E-state index >= 15 is 0 Å². The van der Waals surface area contributed by atoms with Gasteiger partial charge in [0.15, 0.2) is 0 Å². The molecule has 0 heterocycles. The molecule has 63 heavy (non-hydrogen) atoms. The largest absolute Gasteiger partial charge is 1.00 e. The van der Waals surface area contributed by atoms with Gasteiger partial charge in [-0.2, -0.15) is 0 Å². The van der Waals surface area contributed by atoms with Crippen LogP contribution in [0, 0.1) is 0 Å². The second-order valence-electron chi connectivity index (χ2n) is 17.8. The molecular formula is C54H93NaO7S. The van der Waals surface area contributed by atoms with E-state index in [9.17, 15) is 22.6 Å². The fourth-order valence-corrected chi connectivity index (χ4v) is 8.76. The Morgan fingerprint density at radius 1 is 0.444 bits per heavy atom. The number of rotatable bonds is 45. The van der Waals surface area contributed by atoms with E-state index in [-0.39, 0.29) is 48.3 Å². The maximum atomic E-state index is 13.1. The van der Waals surface area contributed by atoms with E-state index in [0.29, 0.717) is 12.8 Å². The molecule has 0 saturated heterocycles. The summed E-state index contributed by atoms with van der Waals surface area (Å²) in [5, 5.41) is 0. The molecule has 1 aromatic rings. The summed E-state index contributed by atoms with van der Waals surface area (Å²) in [5.41, 5.74) is -0.810. The Balaban J connectivity index is 0.0000384. The molecule has 358 valence electrons. The Hall–Kier alpha value is -1.45. The van der Waals surface area contributed by atoms with E-state index in [1.54, 1.807) is 0 Å². The van der Waals surface area contributed by atoms with Gasteiger partial charge in [0.2, 0.25) is 0 Å². The van der Waals surface area contributed by atoms with Crippen molar-refractivity contribution in [3.05, 3.63) is 53.6 Å². The summed E-state index contributed by atoms with van der Waals surface area (Å²) in [5.74, 6) is -1.85. The van der Waals surface area contributed by atoms with Gasteiger partial charge in [-0.1, -0.05) is 224 Å². The maximum Gasteiger partial charge on any atom is 1.00 e. The summed E-state index contributed by atoms with van der Waals surface area (Å²) in [6.07, 6.45) is 56.4. The number of esters is 2. The monoisotopic (exact) mass is 909 g/mol. The number of ether oxygens (including phenoxy) is 2. The predicted molar refractivity (Wildman–Crippen MR) is 260 cm³/mol. The normalized spacial score (nSPS) is 11.7. The third kappa shape index (κ3) is 37.3. The molecule has 0 aliphatic rings. The van der Waals surface area contributed by atoms with E-state index in [4.69, 9.17) is 9.47 Å². The molecule has 0 fully saturated rings. The predicted octanol–water partition coefficient (Wildman–Crippen LogP) is 13.9. The number of unbranched alkanes of at least 4 members (excludes halogenated alkanes) is 34. The Kier molecular flexibility index (Phi) is 44.6. The van der Waals surface area contributed by atoms with E-state index < -0.39 is 32.5 Å². The van der Waals surface area contributed by atoms with Gasteiger partial charge in [0.05, 0.1) is 29.2 Å². The van der Waals surface area contributed by atoms with E-state index in [1.807, 2.05) is 0 Å². The van der Waals surface area contributed by atoms with Crippen LogP contribution < -0.4 is 29.6 Å². The smallest absolute Gasteiger partial charge is 0.744 e. The van der Waals surface area contributed by atoms with Crippen LogP contribution in [0.15, 0.2) is 47.4 Å². The second-order valence-corrected chi connectivity index (χ2v) is 19.2. The summed E-state index contributed by atoms with van der Waals surface area (Å²) in [4.78, 5) is 25.3. The van der Waals surface area contributed by atoms with Crippen LogP contribution in [0.1, 0.15) is 279 Å². The molecule has 0 radical (unpaired) electrons. The van der Waals surface area contributed by atoms with Gasteiger partial charge in [0, 0.05) is 0 Å². The molecular weight excluding hydrogens is 816 g/mol. The van der Waals surface area contributed by atoms with Crippen molar-refractivity contribution in [2.75, 3.05) is 13.2 Å². The van der Waals surface area contributed by atoms with E-state index in [0.717, 1.165) is 44.6 Å². The zero-order valence-electron chi connectivity index (χ0n) is 41.1. The van der Waals surface area contributed by atoms with Crippen LogP contribution in [-0.2, 0) is 19.6 Å². The average Bonchev–Trinajstić information content (AvgIpc) is 3.26. The molecule has 0 unspecified atom stereocenters. The molecule has 0 saturated carbocycles. The Morgan fingerprint density at radius 2 is 0.730 bits per heavy atom. The van der Waals surface area contributed by atoms with Gasteiger partial charge in [-0.3, -0.25) is 0 Å². The standard InChI is InChI=1S/C54H94O7S.Na/c1-3-5-7-9-11-13-15-17-19-21-23-25-27-29-31-33-35-37-39-41-43-48-60-53(55)50-46-45-47-51(62(57,58)59)52(50)54(56)61-49-44-42-40-38-36-34-32-30-28-26-24-22-20-18-16-14-12-10-8-6-4-2;/h35-38,45-47H,3-34,39-44,48-49H2,1-2H3,(H,57,58,59);/q;+1/p-1/b37-35+,38-36+;. The molecule has 9 heteroatoms. The third-order valence-corrected chi connectivity index (χ3v) is 12.9. The molecule has 0 N–H and O–H groups in total. The molecule has 0 spiro atoms. The Morgan fingerprint density at radius 3 is 1.05 bits per heavy atom. The van der Waals surface area contributed by atoms with E-state index in [1.165, 1.54) is 205 Å². The van der Waals surface area contributed by atoms with Crippen LogP contribution in [0.5, 0.6) is 0 Å². The van der Waals surface area contributed by atoms with Gasteiger partial charge < -0.3 is 14.0 Å². The quantitative estimate of drug-likeness (QED) is 0.0211. The number of carbonyl (C=O) groups excluding carboxylic acids is 2. The average molecular weight is 909 g/mol. The molecule has 0 aliphatic heterocycles. The number of hydrogen-bond donors (Lipinski definition) is 0. The number of allylic oxidation sites excluding steroid dienone is 4. The number of benzene rings is 1. The van der Waals surface area contributed by atoms with E-state index in [2.05, 4.69) is 38.2 Å². The first-order valence-electron chi connectivity index (χ1n) is 26.1. The van der Waals surface area contributed by atoms with Crippen LogP contribution in [0.4, 0.5) is 0 Å². The molecule has 7 nitrogen and oxygen atoms in total. The van der Waals surface area contributed by atoms with Gasteiger partial charge >= 0.3 is 41.5 Å². The van der Waals surface area contributed by atoms with Crippen molar-refractivity contribution in [3.63, 3.8) is 0 Å². The molecule has 1 aromatic carbocycles. The van der Waals surface area contributed by atoms with Crippen LogP contribution in [0.2, 0.25) is 0 Å². The minimum Gasteiger partial charge on any atom is -0.744 e. The summed E-state index contributed by atoms with van der Waals surface area (Å²) >= 11 is 0. The first-order chi connectivity index (χ1) is 30.3. The molecule has 0 aliphatic carbocycles. The minimum absolute atomic E-state index is 0. The summed E-state index contributed by atoms with van der Waals surface area (Å²) in [7, 11) is -5.03. The van der Waals surface area contributed by atoms with Gasteiger partial charge in [0.25, 0.3) is 0 Å². The molecule has 0 amide bonds. The van der Waals surface area contributed by atoms with Crippen LogP contribution in [-0.4, -0.2) is 38.1 Å². The topological polar surface area (TPSA) is 110 Å². The SMILES string of the molecule is CCCCCCCCCCCCCCCCC/C=C/CCCCOC(=O)c1cccc(S(=O)(=O)[O-])c1C(=O)OCCCC/C=C/CCCCCCCCCCCCCCCCC.[Na+]. The first kappa shape index (κ1) is 61.5. The summed E-state index contributed by atoms with van der Waals surface area (Å²) in [6, 6.07) is 3.61. The maximum absolute atomic E-state index is 13.1. The van der Waals surface area contributed by atoms with Crippen molar-refractivity contribution >= 4 is 22.1 Å². The fraction of sp³-hybridized carbons (Fsp3) is 0.778. The van der Waals surface area contributed by atoms with Crippen molar-refractivity contribution in [1.82, 2.24) is 0 Å². The Bertz CT molecular complexity index is 1380. The molecule has 0 atom stereocenters. The summed E-state index contributed by atoms with van der Waals surface area (Å²) in [6.45, 7) is 4.73. The number of carbonyl (C=O) groups is 2. The third-order valence-electron chi connectivity index (χ3n) is 12.0. The number of hydrogen-bond acceptors (Lipinski definition) is 7. The van der Waals surface area contributed by atoms with Gasteiger partial charge in [-0.05, 0) is 76.3 Å². The van der Waals surface area contributed by atoms with Gasteiger partial charge in [0.1, 0.15) is 10.1 Å². The minimum atomic E-state index is -5.03. The summed E-state index contributed by atoms with van der Waals surface area (Å²) < 4.78 is 46.9. The van der Waals surface area contributed by atoms with Crippen molar-refractivity contribution in [1.29, 1.82) is 0 Å². The van der Waals surface area contributed by atoms with Crippen LogP contribution in [0.3, 0.4) is 0 Å². The van der Waals surface area contributed by atoms with Crippen molar-refractivity contribution in [2.24, 2.45) is 0 Å². The molecule has 1 rings (SSSR count). The zero-order valence-corrected chi connectivity index (χ0v) is 43.9. The van der Waals surface area contributed by atoms with Crippen molar-refractivity contribution in [3.8, 4) is 0 Å². The first-order valence-corrected chi connectivity index (χ1v) is 27.5. The fourth-order valence-electron chi connectivity index (χ4n) is 8.07. The van der Waals surface area contributed by atoms with Crippen molar-refractivity contribution < 1.29 is 61.6 Å². The Labute approximate surface area is 410 Å². The zero-order chi connectivity index (χ0) is 45.0. The van der Waals surface area contributed by atoms with Crippen molar-refractivity contribution in [2.45, 2.75) is 263 Å². The van der Waals surface area contributed by atoms with Gasteiger partial charge in [-0.15, -0.1) is 0 Å². The van der Waals surface area contributed by atoms with Crippen LogP contribution >= 0.6 is 0 Å². The molecule has 0 aromatic heterocycles. The second kappa shape index (κ2) is 45.7. The van der Waals surface area contributed by atoms with Crippen LogP contribution in [0.25, 0.3) is 0 Å². The van der Waals surface area contributed by atoms with Gasteiger partial charge in [-0.25, -0.2) is 18.0 Å².